The highest BCUT2D eigenvalue weighted by Crippen LogP contribution is 2.33. The summed E-state index contributed by atoms with van der Waals surface area (Å²) in [7, 11) is 0. The molecule has 0 aromatic heterocycles. The second kappa shape index (κ2) is 4.84. The normalized spacial score (nSPS) is 23.0. The Morgan fingerprint density at radius 1 is 1.17 bits per heavy atom. The van der Waals surface area contributed by atoms with Gasteiger partial charge in [0.2, 0.25) is 0 Å². The summed E-state index contributed by atoms with van der Waals surface area (Å²) in [6.45, 7) is 0. The molecule has 1 aromatic rings. The minimum atomic E-state index is -0.926. The van der Waals surface area contributed by atoms with E-state index in [0.717, 1.165) is 12.1 Å². The number of aliphatic carboxylic acids is 1. The minimum Gasteiger partial charge on any atom is -0.481 e. The van der Waals surface area contributed by atoms with Gasteiger partial charge in [-0.2, -0.15) is 0 Å². The second-order valence-corrected chi connectivity index (χ2v) is 4.53. The highest BCUT2D eigenvalue weighted by atomic mass is 19.1. The lowest BCUT2D eigenvalue weighted by Crippen LogP contribution is -2.16. The molecule has 2 atom stereocenters. The number of Topliss-reactive ketones (excluding diaryl/α,β-unsaturated/α-hetero) is 1. The van der Waals surface area contributed by atoms with Crippen molar-refractivity contribution < 1.29 is 23.5 Å². The van der Waals surface area contributed by atoms with Crippen molar-refractivity contribution in [3.8, 4) is 0 Å². The Kier molecular flexibility index (Phi) is 3.41. The molecule has 5 heteroatoms. The van der Waals surface area contributed by atoms with Crippen LogP contribution in [0.3, 0.4) is 0 Å². The maximum atomic E-state index is 13.4. The van der Waals surface area contributed by atoms with E-state index in [2.05, 4.69) is 0 Å². The molecule has 0 spiro atoms. The Morgan fingerprint density at radius 2 is 1.83 bits per heavy atom. The van der Waals surface area contributed by atoms with Gasteiger partial charge in [-0.3, -0.25) is 9.59 Å². The van der Waals surface area contributed by atoms with Crippen LogP contribution in [-0.2, 0) is 4.79 Å². The first-order chi connectivity index (χ1) is 8.49. The fraction of sp³-hybridized carbons (Fsp3) is 0.385. The quantitative estimate of drug-likeness (QED) is 0.843. The molecular weight excluding hydrogens is 242 g/mol. The lowest BCUT2D eigenvalue weighted by Gasteiger charge is -2.09. The number of rotatable bonds is 3. The van der Waals surface area contributed by atoms with Gasteiger partial charge in [0.15, 0.2) is 5.78 Å². The molecule has 18 heavy (non-hydrogen) atoms. The molecule has 0 saturated heterocycles. The molecule has 1 N–H and O–H groups in total. The van der Waals surface area contributed by atoms with E-state index in [1.807, 2.05) is 0 Å². The summed E-state index contributed by atoms with van der Waals surface area (Å²) in [4.78, 5) is 22.8. The van der Waals surface area contributed by atoms with Crippen LogP contribution < -0.4 is 0 Å². The summed E-state index contributed by atoms with van der Waals surface area (Å²) >= 11 is 0. The Morgan fingerprint density at radius 3 is 2.39 bits per heavy atom. The zero-order valence-corrected chi connectivity index (χ0v) is 9.53. The number of carbonyl (C=O) groups excluding carboxylic acids is 1. The number of carboxylic acids is 1. The maximum absolute atomic E-state index is 13.4. The lowest BCUT2D eigenvalue weighted by molar-refractivity contribution is -0.141. The Bertz CT molecular complexity index is 499. The van der Waals surface area contributed by atoms with Crippen molar-refractivity contribution in [2.45, 2.75) is 19.3 Å². The van der Waals surface area contributed by atoms with Crippen molar-refractivity contribution in [3.05, 3.63) is 35.4 Å². The number of ketones is 1. The smallest absolute Gasteiger partial charge is 0.306 e. The van der Waals surface area contributed by atoms with Crippen LogP contribution >= 0.6 is 0 Å². The summed E-state index contributed by atoms with van der Waals surface area (Å²) in [5.41, 5.74) is -0.160. The van der Waals surface area contributed by atoms with Crippen LogP contribution in [0.25, 0.3) is 0 Å². The summed E-state index contributed by atoms with van der Waals surface area (Å²) in [6.07, 6.45) is 1.09. The summed E-state index contributed by atoms with van der Waals surface area (Å²) < 4.78 is 26.2. The third kappa shape index (κ3) is 2.39. The number of benzene rings is 1. The van der Waals surface area contributed by atoms with Crippen molar-refractivity contribution >= 4 is 11.8 Å². The largest absolute Gasteiger partial charge is 0.481 e. The first-order valence-corrected chi connectivity index (χ1v) is 5.71. The molecule has 1 aromatic carbocycles. The zero-order valence-electron chi connectivity index (χ0n) is 9.53. The monoisotopic (exact) mass is 254 g/mol. The van der Waals surface area contributed by atoms with E-state index in [-0.39, 0.29) is 12.0 Å². The molecule has 0 aliphatic heterocycles. The molecule has 0 amide bonds. The molecule has 1 aliphatic rings. The second-order valence-electron chi connectivity index (χ2n) is 4.53. The van der Waals surface area contributed by atoms with Crippen LogP contribution in [0.5, 0.6) is 0 Å². The van der Waals surface area contributed by atoms with Crippen LogP contribution in [0.1, 0.15) is 29.6 Å². The van der Waals surface area contributed by atoms with Gasteiger partial charge in [-0.25, -0.2) is 8.78 Å². The Hall–Kier alpha value is -1.78. The van der Waals surface area contributed by atoms with E-state index in [1.165, 1.54) is 0 Å². The van der Waals surface area contributed by atoms with E-state index >= 15 is 0 Å². The van der Waals surface area contributed by atoms with Crippen LogP contribution in [0, 0.1) is 23.5 Å². The fourth-order valence-electron chi connectivity index (χ4n) is 2.35. The van der Waals surface area contributed by atoms with E-state index in [0.29, 0.717) is 18.9 Å². The van der Waals surface area contributed by atoms with Crippen molar-refractivity contribution in [3.63, 3.8) is 0 Å². The van der Waals surface area contributed by atoms with Gasteiger partial charge in [-0.15, -0.1) is 0 Å². The Labute approximate surface area is 102 Å². The number of carbonyl (C=O) groups is 2. The van der Waals surface area contributed by atoms with Gasteiger partial charge < -0.3 is 5.11 Å². The van der Waals surface area contributed by atoms with Gasteiger partial charge in [0, 0.05) is 12.0 Å². The lowest BCUT2D eigenvalue weighted by atomic mass is 9.95. The van der Waals surface area contributed by atoms with Gasteiger partial charge in [0.1, 0.15) is 11.6 Å². The van der Waals surface area contributed by atoms with Gasteiger partial charge in [0.25, 0.3) is 0 Å². The van der Waals surface area contributed by atoms with E-state index < -0.39 is 35.2 Å². The van der Waals surface area contributed by atoms with Crippen molar-refractivity contribution in [1.82, 2.24) is 0 Å². The standard InChI is InChI=1S/C13H12F2O3/c14-9-3-4-10(11(15)6-9)12(16)7-1-2-8(5-7)13(17)18/h3-4,6-8H,1-2,5H2,(H,17,18). The maximum Gasteiger partial charge on any atom is 0.306 e. The van der Waals surface area contributed by atoms with Gasteiger partial charge in [-0.1, -0.05) is 0 Å². The molecule has 2 unspecified atom stereocenters. The van der Waals surface area contributed by atoms with Crippen molar-refractivity contribution in [1.29, 1.82) is 0 Å². The van der Waals surface area contributed by atoms with Crippen molar-refractivity contribution in [2.24, 2.45) is 11.8 Å². The van der Waals surface area contributed by atoms with Gasteiger partial charge in [-0.05, 0) is 31.4 Å². The van der Waals surface area contributed by atoms with Crippen LogP contribution in [-0.4, -0.2) is 16.9 Å². The molecule has 0 radical (unpaired) electrons. The third-order valence-electron chi connectivity index (χ3n) is 3.35. The molecule has 0 bridgehead atoms. The van der Waals surface area contributed by atoms with Crippen LogP contribution in [0.15, 0.2) is 18.2 Å². The topological polar surface area (TPSA) is 54.4 Å². The average Bonchev–Trinajstić information content (AvgIpc) is 2.77. The third-order valence-corrected chi connectivity index (χ3v) is 3.35. The number of carboxylic acid groups (broad SMARTS) is 1. The zero-order chi connectivity index (χ0) is 13.3. The van der Waals surface area contributed by atoms with E-state index in [4.69, 9.17) is 5.11 Å². The summed E-state index contributed by atoms with van der Waals surface area (Å²) in [6, 6.07) is 2.80. The molecule has 1 fully saturated rings. The van der Waals surface area contributed by atoms with Crippen molar-refractivity contribution in [2.75, 3.05) is 0 Å². The van der Waals surface area contributed by atoms with Crippen LogP contribution in [0.4, 0.5) is 8.78 Å². The van der Waals surface area contributed by atoms with Gasteiger partial charge >= 0.3 is 5.97 Å². The average molecular weight is 254 g/mol. The van der Waals surface area contributed by atoms with E-state index in [1.54, 1.807) is 0 Å². The summed E-state index contributed by atoms with van der Waals surface area (Å²) in [5.74, 6) is -4.01. The molecule has 1 aliphatic carbocycles. The highest BCUT2D eigenvalue weighted by Gasteiger charge is 2.34. The first kappa shape index (κ1) is 12.7. The molecule has 3 nitrogen and oxygen atoms in total. The fourth-order valence-corrected chi connectivity index (χ4v) is 2.35. The predicted octanol–water partition coefficient (Wildman–Crippen LogP) is 2.65. The molecule has 96 valence electrons. The van der Waals surface area contributed by atoms with E-state index in [9.17, 15) is 18.4 Å². The molecular formula is C13H12F2O3. The van der Waals surface area contributed by atoms with Crippen LogP contribution in [0.2, 0.25) is 0 Å². The van der Waals surface area contributed by atoms with Gasteiger partial charge in [0.05, 0.1) is 11.5 Å². The summed E-state index contributed by atoms with van der Waals surface area (Å²) in [5, 5.41) is 8.84. The number of halogens is 2. The Balaban J connectivity index is 2.15. The first-order valence-electron chi connectivity index (χ1n) is 5.71. The molecule has 1 saturated carbocycles. The predicted molar refractivity (Wildman–Crippen MR) is 59.2 cm³/mol. The SMILES string of the molecule is O=C(O)C1CCC(C(=O)c2ccc(F)cc2F)C1. The number of hydrogen-bond acceptors (Lipinski definition) is 2. The minimum absolute atomic E-state index is 0.160. The molecule has 2 rings (SSSR count). The molecule has 0 heterocycles. The number of hydrogen-bond donors (Lipinski definition) is 1. The highest BCUT2D eigenvalue weighted by molar-refractivity contribution is 5.98.